The van der Waals surface area contributed by atoms with Gasteiger partial charge in [0.15, 0.2) is 5.69 Å². The summed E-state index contributed by atoms with van der Waals surface area (Å²) in [5.41, 5.74) is 2.80. The van der Waals surface area contributed by atoms with Gasteiger partial charge in [0.25, 0.3) is 5.91 Å². The van der Waals surface area contributed by atoms with E-state index in [4.69, 9.17) is 11.6 Å². The first-order valence-corrected chi connectivity index (χ1v) is 8.65. The Morgan fingerprint density at radius 1 is 1.22 bits per heavy atom. The van der Waals surface area contributed by atoms with E-state index in [2.05, 4.69) is 20.6 Å². The molecule has 0 saturated carbocycles. The molecule has 2 aromatic heterocycles. The number of aromatic nitrogens is 4. The van der Waals surface area contributed by atoms with Crippen LogP contribution in [0.1, 0.15) is 21.7 Å². The Hall–Kier alpha value is -3.19. The fourth-order valence-corrected chi connectivity index (χ4v) is 3.03. The molecule has 136 valence electrons. The maximum Gasteiger partial charge on any atom is 0.273 e. The predicted molar refractivity (Wildman–Crippen MR) is 100 cm³/mol. The molecule has 0 fully saturated rings. The molecule has 2 N–H and O–H groups in total. The third-order valence-corrected chi connectivity index (χ3v) is 4.50. The van der Waals surface area contributed by atoms with Gasteiger partial charge in [-0.05, 0) is 35.2 Å². The molecule has 4 rings (SSSR count). The SMILES string of the molecule is O=C(NCc1cc2ccccc2[nH]1)c1cn(Cc2ccc(F)cc2Cl)nn1. The molecule has 8 heteroatoms. The van der Waals surface area contributed by atoms with E-state index in [1.54, 1.807) is 6.07 Å². The number of nitrogens with one attached hydrogen (secondary N) is 2. The average molecular weight is 384 g/mol. The van der Waals surface area contributed by atoms with E-state index in [0.717, 1.165) is 16.6 Å². The van der Waals surface area contributed by atoms with Gasteiger partial charge >= 0.3 is 0 Å². The predicted octanol–water partition coefficient (Wildman–Crippen LogP) is 3.53. The summed E-state index contributed by atoms with van der Waals surface area (Å²) < 4.78 is 14.6. The lowest BCUT2D eigenvalue weighted by molar-refractivity contribution is 0.0945. The number of benzene rings is 2. The summed E-state index contributed by atoms with van der Waals surface area (Å²) >= 11 is 6.02. The molecule has 0 bridgehead atoms. The molecule has 0 unspecified atom stereocenters. The van der Waals surface area contributed by atoms with Crippen LogP contribution in [0.2, 0.25) is 5.02 Å². The second-order valence-corrected chi connectivity index (χ2v) is 6.51. The summed E-state index contributed by atoms with van der Waals surface area (Å²) in [5.74, 6) is -0.732. The van der Waals surface area contributed by atoms with Gasteiger partial charge in [-0.1, -0.05) is 41.1 Å². The van der Waals surface area contributed by atoms with Crippen LogP contribution in [0, 0.1) is 5.82 Å². The maximum absolute atomic E-state index is 13.1. The van der Waals surface area contributed by atoms with Gasteiger partial charge in [-0.2, -0.15) is 0 Å². The topological polar surface area (TPSA) is 75.6 Å². The highest BCUT2D eigenvalue weighted by Gasteiger charge is 2.12. The molecule has 2 aromatic carbocycles. The van der Waals surface area contributed by atoms with Gasteiger partial charge in [0.05, 0.1) is 19.3 Å². The molecular weight excluding hydrogens is 369 g/mol. The van der Waals surface area contributed by atoms with Crippen LogP contribution in [0.15, 0.2) is 54.7 Å². The monoisotopic (exact) mass is 383 g/mol. The molecule has 0 aliphatic rings. The lowest BCUT2D eigenvalue weighted by Gasteiger charge is -2.03. The summed E-state index contributed by atoms with van der Waals surface area (Å²) in [6.07, 6.45) is 1.53. The highest BCUT2D eigenvalue weighted by Crippen LogP contribution is 2.18. The molecule has 0 aliphatic heterocycles. The number of carbonyl (C=O) groups is 1. The quantitative estimate of drug-likeness (QED) is 0.553. The standard InChI is InChI=1S/C19H15ClFN5O/c20-16-8-14(21)6-5-13(16)10-26-11-18(24-25-26)19(27)22-9-15-7-12-3-1-2-4-17(12)23-15/h1-8,11,23H,9-10H2,(H,22,27). The second kappa shape index (κ2) is 7.20. The molecule has 6 nitrogen and oxygen atoms in total. The smallest absolute Gasteiger partial charge is 0.273 e. The number of carbonyl (C=O) groups excluding carboxylic acids is 1. The fourth-order valence-electron chi connectivity index (χ4n) is 2.80. The van der Waals surface area contributed by atoms with E-state index in [0.29, 0.717) is 23.7 Å². The first-order chi connectivity index (χ1) is 13.1. The first-order valence-electron chi connectivity index (χ1n) is 8.27. The number of aromatic amines is 1. The molecule has 0 spiro atoms. The molecule has 0 aliphatic carbocycles. The fraction of sp³-hybridized carbons (Fsp3) is 0.105. The van der Waals surface area contributed by atoms with Crippen molar-refractivity contribution in [2.24, 2.45) is 0 Å². The summed E-state index contributed by atoms with van der Waals surface area (Å²) in [6.45, 7) is 0.644. The van der Waals surface area contributed by atoms with Gasteiger partial charge in [0.2, 0.25) is 0 Å². The summed E-state index contributed by atoms with van der Waals surface area (Å²) in [6, 6.07) is 14.0. The Labute approximate surface area is 159 Å². The van der Waals surface area contributed by atoms with Gasteiger partial charge in [-0.3, -0.25) is 4.79 Å². The van der Waals surface area contributed by atoms with Crippen LogP contribution < -0.4 is 5.32 Å². The maximum atomic E-state index is 13.1. The van der Waals surface area contributed by atoms with Crippen molar-refractivity contribution in [1.29, 1.82) is 0 Å². The summed E-state index contributed by atoms with van der Waals surface area (Å²) in [5, 5.41) is 12.0. The Kier molecular flexibility index (Phi) is 4.60. The first kappa shape index (κ1) is 17.2. The van der Waals surface area contributed by atoms with Crippen molar-refractivity contribution in [1.82, 2.24) is 25.3 Å². The zero-order valence-corrected chi connectivity index (χ0v) is 14.9. The van der Waals surface area contributed by atoms with E-state index in [9.17, 15) is 9.18 Å². The van der Waals surface area contributed by atoms with Crippen LogP contribution in [-0.2, 0) is 13.1 Å². The van der Waals surface area contributed by atoms with E-state index >= 15 is 0 Å². The van der Waals surface area contributed by atoms with Crippen LogP contribution >= 0.6 is 11.6 Å². The van der Waals surface area contributed by atoms with E-state index in [-0.39, 0.29) is 11.6 Å². The van der Waals surface area contributed by atoms with Crippen molar-refractivity contribution in [2.45, 2.75) is 13.1 Å². The third-order valence-electron chi connectivity index (χ3n) is 4.14. The van der Waals surface area contributed by atoms with Crippen molar-refractivity contribution in [3.8, 4) is 0 Å². The molecule has 1 amide bonds. The minimum Gasteiger partial charge on any atom is -0.357 e. The summed E-state index contributed by atoms with van der Waals surface area (Å²) in [4.78, 5) is 15.5. The molecule has 0 saturated heterocycles. The Morgan fingerprint density at radius 3 is 2.89 bits per heavy atom. The average Bonchev–Trinajstić information content (AvgIpc) is 3.28. The number of para-hydroxylation sites is 1. The second-order valence-electron chi connectivity index (χ2n) is 6.10. The van der Waals surface area contributed by atoms with E-state index in [1.807, 2.05) is 30.3 Å². The molecule has 27 heavy (non-hydrogen) atoms. The van der Waals surface area contributed by atoms with Crippen molar-refractivity contribution in [3.63, 3.8) is 0 Å². The van der Waals surface area contributed by atoms with Crippen molar-refractivity contribution in [3.05, 3.63) is 82.5 Å². The van der Waals surface area contributed by atoms with Crippen LogP contribution in [-0.4, -0.2) is 25.9 Å². The number of nitrogens with zero attached hydrogens (tertiary/aromatic N) is 3. The highest BCUT2D eigenvalue weighted by molar-refractivity contribution is 6.31. The number of hydrogen-bond acceptors (Lipinski definition) is 3. The lowest BCUT2D eigenvalue weighted by Crippen LogP contribution is -2.23. The van der Waals surface area contributed by atoms with Crippen molar-refractivity contribution >= 4 is 28.4 Å². The van der Waals surface area contributed by atoms with E-state index < -0.39 is 5.82 Å². The van der Waals surface area contributed by atoms with Crippen LogP contribution in [0.25, 0.3) is 10.9 Å². The molecule has 2 heterocycles. The number of halogens is 2. The van der Waals surface area contributed by atoms with Crippen molar-refractivity contribution in [2.75, 3.05) is 0 Å². The van der Waals surface area contributed by atoms with Crippen molar-refractivity contribution < 1.29 is 9.18 Å². The van der Waals surface area contributed by atoms with Crippen LogP contribution in [0.3, 0.4) is 0 Å². The normalized spacial score (nSPS) is 11.0. The molecule has 4 aromatic rings. The van der Waals surface area contributed by atoms with Crippen LogP contribution in [0.4, 0.5) is 4.39 Å². The van der Waals surface area contributed by atoms with Gasteiger partial charge in [0, 0.05) is 16.2 Å². The Morgan fingerprint density at radius 2 is 2.07 bits per heavy atom. The lowest BCUT2D eigenvalue weighted by atomic mass is 10.2. The van der Waals surface area contributed by atoms with Gasteiger partial charge in [-0.15, -0.1) is 5.10 Å². The highest BCUT2D eigenvalue weighted by atomic mass is 35.5. The summed E-state index contributed by atoms with van der Waals surface area (Å²) in [7, 11) is 0. The Bertz CT molecular complexity index is 1090. The number of hydrogen-bond donors (Lipinski definition) is 2. The minimum atomic E-state index is -0.403. The molecular formula is C19H15ClFN5O. The number of fused-ring (bicyclic) bond motifs is 1. The van der Waals surface area contributed by atoms with Crippen LogP contribution in [0.5, 0.6) is 0 Å². The molecule has 0 radical (unpaired) electrons. The Balaban J connectivity index is 1.40. The zero-order chi connectivity index (χ0) is 18.8. The molecule has 0 atom stereocenters. The number of H-pyrrole nitrogens is 1. The van der Waals surface area contributed by atoms with Gasteiger partial charge in [0.1, 0.15) is 5.82 Å². The van der Waals surface area contributed by atoms with E-state index in [1.165, 1.54) is 23.0 Å². The zero-order valence-electron chi connectivity index (χ0n) is 14.1. The van der Waals surface area contributed by atoms with Gasteiger partial charge < -0.3 is 10.3 Å². The third kappa shape index (κ3) is 3.83. The largest absolute Gasteiger partial charge is 0.357 e. The minimum absolute atomic E-state index is 0.198. The van der Waals surface area contributed by atoms with Gasteiger partial charge in [-0.25, -0.2) is 9.07 Å². The number of amides is 1. The number of rotatable bonds is 5.